The van der Waals surface area contributed by atoms with Crippen molar-refractivity contribution in [2.45, 2.75) is 17.9 Å². The second kappa shape index (κ2) is 4.81. The van der Waals surface area contributed by atoms with Gasteiger partial charge < -0.3 is 0 Å². The molecule has 1 atom stereocenters. The van der Waals surface area contributed by atoms with Gasteiger partial charge in [-0.25, -0.2) is 22.0 Å². The highest BCUT2D eigenvalue weighted by Gasteiger charge is 2.40. The number of nitrogens with zero attached hydrogens (tertiary/aromatic N) is 1. The molecule has 0 saturated carbocycles. The first-order valence-electron chi connectivity index (χ1n) is 5.45. The standard InChI is InChI=1S/C10H13BrN2O4S2/c1-7-9-6-8(11)2-3-10(9)19(16,17)13(7)4-5-18(12,14)15/h2-3,6-7H,4-5H2,1H3,(H2,12,14,15). The summed E-state index contributed by atoms with van der Waals surface area (Å²) >= 11 is 3.29. The van der Waals surface area contributed by atoms with Crippen LogP contribution in [0, 0.1) is 0 Å². The van der Waals surface area contributed by atoms with Gasteiger partial charge >= 0.3 is 0 Å². The van der Waals surface area contributed by atoms with E-state index in [1.807, 2.05) is 0 Å². The number of hydrogen-bond acceptors (Lipinski definition) is 4. The number of primary sulfonamides is 1. The van der Waals surface area contributed by atoms with Gasteiger partial charge in [-0.3, -0.25) is 0 Å². The Hall–Kier alpha value is -0.480. The zero-order valence-corrected chi connectivity index (χ0v) is 13.3. The highest BCUT2D eigenvalue weighted by molar-refractivity contribution is 9.10. The van der Waals surface area contributed by atoms with Gasteiger partial charge in [0.05, 0.1) is 10.6 Å². The Morgan fingerprint density at radius 3 is 2.63 bits per heavy atom. The SMILES string of the molecule is CC1c2cc(Br)ccc2S(=O)(=O)N1CCS(N)(=O)=O. The maximum absolute atomic E-state index is 12.3. The summed E-state index contributed by atoms with van der Waals surface area (Å²) in [4.78, 5) is 0.220. The van der Waals surface area contributed by atoms with Crippen molar-refractivity contribution in [2.75, 3.05) is 12.3 Å². The minimum absolute atomic E-state index is 0.144. The summed E-state index contributed by atoms with van der Waals surface area (Å²) in [5, 5.41) is 4.92. The Morgan fingerprint density at radius 2 is 2.05 bits per heavy atom. The van der Waals surface area contributed by atoms with Crippen LogP contribution in [0.15, 0.2) is 27.6 Å². The molecule has 19 heavy (non-hydrogen) atoms. The number of nitrogens with two attached hydrogens (primary N) is 1. The lowest BCUT2D eigenvalue weighted by atomic mass is 10.1. The molecule has 106 valence electrons. The van der Waals surface area contributed by atoms with Gasteiger partial charge in [0.1, 0.15) is 0 Å². The summed E-state index contributed by atoms with van der Waals surface area (Å²) in [5.41, 5.74) is 0.656. The first kappa shape index (κ1) is 14.9. The highest BCUT2D eigenvalue weighted by atomic mass is 79.9. The van der Waals surface area contributed by atoms with Crippen molar-refractivity contribution in [3.8, 4) is 0 Å². The van der Waals surface area contributed by atoms with Gasteiger partial charge in [-0.05, 0) is 30.7 Å². The number of rotatable bonds is 3. The molecule has 0 fully saturated rings. The second-order valence-electron chi connectivity index (χ2n) is 4.34. The summed E-state index contributed by atoms with van der Waals surface area (Å²) < 4.78 is 48.5. The fourth-order valence-electron chi connectivity index (χ4n) is 2.10. The van der Waals surface area contributed by atoms with Crippen molar-refractivity contribution in [3.05, 3.63) is 28.2 Å². The Labute approximate surface area is 120 Å². The molecule has 1 aromatic rings. The van der Waals surface area contributed by atoms with Gasteiger partial charge in [-0.1, -0.05) is 15.9 Å². The Bertz CT molecular complexity index is 715. The molecular formula is C10H13BrN2O4S2. The van der Waals surface area contributed by atoms with Gasteiger partial charge in [-0.15, -0.1) is 0 Å². The van der Waals surface area contributed by atoms with Crippen LogP contribution in [0.5, 0.6) is 0 Å². The monoisotopic (exact) mass is 368 g/mol. The van der Waals surface area contributed by atoms with Crippen LogP contribution in [0.25, 0.3) is 0 Å². The molecule has 9 heteroatoms. The smallest absolute Gasteiger partial charge is 0.229 e. The fourth-order valence-corrected chi connectivity index (χ4v) is 4.93. The molecular weight excluding hydrogens is 356 g/mol. The molecule has 1 aliphatic heterocycles. The molecule has 2 N–H and O–H groups in total. The zero-order valence-electron chi connectivity index (χ0n) is 10.1. The normalized spacial score (nSPS) is 22.4. The highest BCUT2D eigenvalue weighted by Crippen LogP contribution is 2.40. The minimum atomic E-state index is -3.70. The van der Waals surface area contributed by atoms with Crippen molar-refractivity contribution in [3.63, 3.8) is 0 Å². The second-order valence-corrected chi connectivity index (χ2v) is 8.85. The Balaban J connectivity index is 2.40. The van der Waals surface area contributed by atoms with E-state index in [1.54, 1.807) is 19.1 Å². The van der Waals surface area contributed by atoms with E-state index in [1.165, 1.54) is 6.07 Å². The molecule has 0 aromatic heterocycles. The third kappa shape index (κ3) is 2.84. The molecule has 0 bridgehead atoms. The van der Waals surface area contributed by atoms with Crippen molar-refractivity contribution < 1.29 is 16.8 Å². The van der Waals surface area contributed by atoms with Crippen LogP contribution in [0.3, 0.4) is 0 Å². The Morgan fingerprint density at radius 1 is 1.42 bits per heavy atom. The fraction of sp³-hybridized carbons (Fsp3) is 0.400. The van der Waals surface area contributed by atoms with Crippen LogP contribution >= 0.6 is 15.9 Å². The van der Waals surface area contributed by atoms with E-state index in [0.29, 0.717) is 5.56 Å². The van der Waals surface area contributed by atoms with Gasteiger partial charge in [0.25, 0.3) is 0 Å². The molecule has 0 amide bonds. The van der Waals surface area contributed by atoms with Crippen LogP contribution in [0.2, 0.25) is 0 Å². The van der Waals surface area contributed by atoms with Crippen molar-refractivity contribution >= 4 is 36.0 Å². The predicted octanol–water partition coefficient (Wildman–Crippen LogP) is 0.803. The number of fused-ring (bicyclic) bond motifs is 1. The quantitative estimate of drug-likeness (QED) is 0.852. The average Bonchev–Trinajstić information content (AvgIpc) is 2.43. The van der Waals surface area contributed by atoms with E-state index in [2.05, 4.69) is 15.9 Å². The molecule has 6 nitrogen and oxygen atoms in total. The van der Waals surface area contributed by atoms with Crippen molar-refractivity contribution in [1.29, 1.82) is 0 Å². The van der Waals surface area contributed by atoms with Gasteiger partial charge in [0.2, 0.25) is 20.0 Å². The molecule has 1 unspecified atom stereocenters. The van der Waals surface area contributed by atoms with Gasteiger partial charge in [0.15, 0.2) is 0 Å². The van der Waals surface area contributed by atoms with E-state index in [-0.39, 0.29) is 11.4 Å². The summed E-state index contributed by atoms with van der Waals surface area (Å²) in [6.45, 7) is 1.58. The molecule has 2 rings (SSSR count). The van der Waals surface area contributed by atoms with E-state index < -0.39 is 31.8 Å². The number of benzene rings is 1. The molecule has 1 heterocycles. The maximum Gasteiger partial charge on any atom is 0.243 e. The lowest BCUT2D eigenvalue weighted by Gasteiger charge is -2.19. The third-order valence-electron chi connectivity index (χ3n) is 3.04. The van der Waals surface area contributed by atoms with E-state index in [0.717, 1.165) is 8.78 Å². The average molecular weight is 369 g/mol. The summed E-state index contributed by atoms with van der Waals surface area (Å²) in [6, 6.07) is 4.49. The predicted molar refractivity (Wildman–Crippen MR) is 74.4 cm³/mol. The first-order chi connectivity index (χ1) is 8.63. The van der Waals surface area contributed by atoms with Crippen LogP contribution in [-0.2, 0) is 20.0 Å². The first-order valence-corrected chi connectivity index (χ1v) is 9.39. The van der Waals surface area contributed by atoms with Crippen LogP contribution in [-0.4, -0.2) is 33.4 Å². The van der Waals surface area contributed by atoms with Gasteiger partial charge in [-0.2, -0.15) is 4.31 Å². The Kier molecular flexibility index (Phi) is 3.78. The number of hydrogen-bond donors (Lipinski definition) is 1. The zero-order chi connectivity index (χ0) is 14.4. The van der Waals surface area contributed by atoms with Crippen LogP contribution < -0.4 is 5.14 Å². The summed E-state index contributed by atoms with van der Waals surface area (Å²) in [5.74, 6) is -0.397. The summed E-state index contributed by atoms with van der Waals surface area (Å²) in [7, 11) is -7.34. The molecule has 0 radical (unpaired) electrons. The van der Waals surface area contributed by atoms with Crippen LogP contribution in [0.4, 0.5) is 0 Å². The maximum atomic E-state index is 12.3. The lowest BCUT2D eigenvalue weighted by molar-refractivity contribution is 0.376. The lowest BCUT2D eigenvalue weighted by Crippen LogP contribution is -2.33. The minimum Gasteiger partial charge on any atom is -0.229 e. The van der Waals surface area contributed by atoms with E-state index in [4.69, 9.17) is 5.14 Å². The molecule has 0 spiro atoms. The molecule has 1 aliphatic rings. The van der Waals surface area contributed by atoms with Gasteiger partial charge in [0, 0.05) is 17.1 Å². The topological polar surface area (TPSA) is 97.5 Å². The van der Waals surface area contributed by atoms with Crippen molar-refractivity contribution in [2.24, 2.45) is 5.14 Å². The molecule has 0 saturated heterocycles. The molecule has 0 aliphatic carbocycles. The summed E-state index contributed by atoms with van der Waals surface area (Å²) in [6.07, 6.45) is 0. The third-order valence-corrected chi connectivity index (χ3v) is 6.33. The van der Waals surface area contributed by atoms with Crippen LogP contribution in [0.1, 0.15) is 18.5 Å². The number of halogens is 1. The molecule has 1 aromatic carbocycles. The van der Waals surface area contributed by atoms with E-state index >= 15 is 0 Å². The van der Waals surface area contributed by atoms with Crippen molar-refractivity contribution in [1.82, 2.24) is 4.31 Å². The largest absolute Gasteiger partial charge is 0.243 e. The number of sulfonamides is 2. The van der Waals surface area contributed by atoms with E-state index in [9.17, 15) is 16.8 Å².